The van der Waals surface area contributed by atoms with Crippen molar-refractivity contribution in [1.29, 1.82) is 0 Å². The van der Waals surface area contributed by atoms with Gasteiger partial charge in [0, 0.05) is 23.2 Å². The fourth-order valence-electron chi connectivity index (χ4n) is 2.02. The van der Waals surface area contributed by atoms with Crippen LogP contribution in [-0.4, -0.2) is 21.7 Å². The monoisotopic (exact) mass is 362 g/mol. The molecule has 0 amide bonds. The molecule has 3 aromatic rings. The van der Waals surface area contributed by atoms with Crippen molar-refractivity contribution in [3.8, 4) is 10.6 Å². The molecular weight excluding hydrogens is 344 g/mol. The zero-order valence-corrected chi connectivity index (χ0v) is 15.5. The standard InChI is InChI=1S/C16H18N4S3/c1-3-11-5-7-12(8-6-11)14-18-13(9-21-14)10-22-16-20-19-15(23-16)17-4-2/h5-9H,3-4,10H2,1-2H3,(H,17,19). The van der Waals surface area contributed by atoms with Gasteiger partial charge in [-0.25, -0.2) is 4.98 Å². The summed E-state index contributed by atoms with van der Waals surface area (Å²) in [4.78, 5) is 4.73. The van der Waals surface area contributed by atoms with Gasteiger partial charge in [0.1, 0.15) is 5.01 Å². The highest BCUT2D eigenvalue weighted by atomic mass is 32.2. The molecule has 0 fully saturated rings. The van der Waals surface area contributed by atoms with Crippen molar-refractivity contribution >= 4 is 39.6 Å². The highest BCUT2D eigenvalue weighted by molar-refractivity contribution is 8.00. The Hall–Kier alpha value is -1.44. The number of aromatic nitrogens is 3. The Bertz CT molecular complexity index is 749. The van der Waals surface area contributed by atoms with Crippen LogP contribution in [0, 0.1) is 0 Å². The smallest absolute Gasteiger partial charge is 0.206 e. The van der Waals surface area contributed by atoms with Gasteiger partial charge in [0.15, 0.2) is 4.34 Å². The number of nitrogens with one attached hydrogen (secondary N) is 1. The molecule has 0 aliphatic heterocycles. The number of rotatable bonds is 7. The lowest BCUT2D eigenvalue weighted by atomic mass is 10.1. The molecule has 2 heterocycles. The summed E-state index contributed by atoms with van der Waals surface area (Å²) in [5, 5.41) is 15.5. The van der Waals surface area contributed by atoms with Crippen LogP contribution in [0.5, 0.6) is 0 Å². The molecule has 0 aliphatic carbocycles. The Kier molecular flexibility index (Phi) is 5.64. The van der Waals surface area contributed by atoms with Crippen LogP contribution >= 0.6 is 34.4 Å². The first kappa shape index (κ1) is 16.4. The van der Waals surface area contributed by atoms with Gasteiger partial charge >= 0.3 is 0 Å². The van der Waals surface area contributed by atoms with Crippen molar-refractivity contribution in [3.05, 3.63) is 40.9 Å². The zero-order chi connectivity index (χ0) is 16.1. The van der Waals surface area contributed by atoms with E-state index in [2.05, 4.69) is 59.0 Å². The Morgan fingerprint density at radius 3 is 2.70 bits per heavy atom. The third kappa shape index (κ3) is 4.31. The molecular formula is C16H18N4S3. The maximum Gasteiger partial charge on any atom is 0.206 e. The third-order valence-electron chi connectivity index (χ3n) is 3.24. The van der Waals surface area contributed by atoms with Gasteiger partial charge in [0.05, 0.1) is 5.69 Å². The molecule has 2 aromatic heterocycles. The number of aryl methyl sites for hydroxylation is 1. The van der Waals surface area contributed by atoms with Crippen molar-refractivity contribution in [2.24, 2.45) is 0 Å². The highest BCUT2D eigenvalue weighted by Gasteiger charge is 2.08. The average molecular weight is 363 g/mol. The van der Waals surface area contributed by atoms with Gasteiger partial charge in [0.2, 0.25) is 5.13 Å². The van der Waals surface area contributed by atoms with Crippen LogP contribution < -0.4 is 5.32 Å². The minimum absolute atomic E-state index is 0.824. The maximum atomic E-state index is 4.73. The Labute approximate surface area is 148 Å². The largest absolute Gasteiger partial charge is 0.360 e. The van der Waals surface area contributed by atoms with Crippen LogP contribution in [0.25, 0.3) is 10.6 Å². The van der Waals surface area contributed by atoms with Crippen molar-refractivity contribution < 1.29 is 0 Å². The van der Waals surface area contributed by atoms with Gasteiger partial charge in [-0.2, -0.15) is 0 Å². The minimum atomic E-state index is 0.824. The molecule has 120 valence electrons. The Balaban J connectivity index is 1.62. The zero-order valence-electron chi connectivity index (χ0n) is 13.1. The van der Waals surface area contributed by atoms with Crippen molar-refractivity contribution in [1.82, 2.24) is 15.2 Å². The predicted molar refractivity (Wildman–Crippen MR) is 101 cm³/mol. The molecule has 0 saturated carbocycles. The molecule has 3 rings (SSSR count). The summed E-state index contributed by atoms with van der Waals surface area (Å²) in [6, 6.07) is 8.66. The summed E-state index contributed by atoms with van der Waals surface area (Å²) in [5.74, 6) is 0.824. The SMILES string of the molecule is CCNc1nnc(SCc2csc(-c3ccc(CC)cc3)n2)s1. The number of benzene rings is 1. The molecule has 0 atom stereocenters. The number of thiazole rings is 1. The van der Waals surface area contributed by atoms with Crippen LogP contribution in [0.2, 0.25) is 0 Å². The van der Waals surface area contributed by atoms with Gasteiger partial charge in [0.25, 0.3) is 0 Å². The molecule has 0 aliphatic rings. The predicted octanol–water partition coefficient (Wildman–Crippen LogP) is 4.95. The van der Waals surface area contributed by atoms with E-state index >= 15 is 0 Å². The van der Waals surface area contributed by atoms with Gasteiger partial charge < -0.3 is 5.32 Å². The number of thioether (sulfide) groups is 1. The van der Waals surface area contributed by atoms with Crippen molar-refractivity contribution in [2.75, 3.05) is 11.9 Å². The van der Waals surface area contributed by atoms with E-state index in [-0.39, 0.29) is 0 Å². The summed E-state index contributed by atoms with van der Waals surface area (Å²) in [5.41, 5.74) is 3.64. The summed E-state index contributed by atoms with van der Waals surface area (Å²) >= 11 is 4.97. The normalized spacial score (nSPS) is 10.9. The Morgan fingerprint density at radius 1 is 1.13 bits per heavy atom. The average Bonchev–Trinajstić information content (AvgIpc) is 3.23. The van der Waals surface area contributed by atoms with Crippen LogP contribution in [0.15, 0.2) is 34.0 Å². The van der Waals surface area contributed by atoms with E-state index in [0.29, 0.717) is 0 Å². The second-order valence-corrected chi connectivity index (χ2v) is 7.94. The molecule has 4 nitrogen and oxygen atoms in total. The summed E-state index contributed by atoms with van der Waals surface area (Å²) < 4.78 is 0.975. The minimum Gasteiger partial charge on any atom is -0.360 e. The number of hydrogen-bond acceptors (Lipinski definition) is 7. The molecule has 0 bridgehead atoms. The van der Waals surface area contributed by atoms with Gasteiger partial charge in [-0.05, 0) is 18.9 Å². The fourth-order valence-corrected chi connectivity index (χ4v) is 4.66. The lowest BCUT2D eigenvalue weighted by molar-refractivity contribution is 1.00. The van der Waals surface area contributed by atoms with Gasteiger partial charge in [-0.3, -0.25) is 0 Å². The third-order valence-corrected chi connectivity index (χ3v) is 6.23. The van der Waals surface area contributed by atoms with E-state index in [1.165, 1.54) is 11.1 Å². The second-order valence-electron chi connectivity index (χ2n) is 4.89. The van der Waals surface area contributed by atoms with Gasteiger partial charge in [-0.1, -0.05) is 54.3 Å². The molecule has 0 saturated heterocycles. The van der Waals surface area contributed by atoms with E-state index in [0.717, 1.165) is 38.9 Å². The van der Waals surface area contributed by atoms with Crippen LogP contribution in [0.4, 0.5) is 5.13 Å². The lowest BCUT2D eigenvalue weighted by Crippen LogP contribution is -1.94. The lowest BCUT2D eigenvalue weighted by Gasteiger charge is -1.99. The number of nitrogens with zero attached hydrogens (tertiary/aromatic N) is 3. The first-order valence-corrected chi connectivity index (χ1v) is 10.2. The van der Waals surface area contributed by atoms with Crippen molar-refractivity contribution in [3.63, 3.8) is 0 Å². The first-order valence-electron chi connectivity index (χ1n) is 7.52. The molecule has 23 heavy (non-hydrogen) atoms. The molecule has 0 unspecified atom stereocenters. The first-order chi connectivity index (χ1) is 11.3. The van der Waals surface area contributed by atoms with E-state index in [9.17, 15) is 0 Å². The molecule has 0 spiro atoms. The molecule has 7 heteroatoms. The van der Waals surface area contributed by atoms with Gasteiger partial charge in [-0.15, -0.1) is 21.5 Å². The Morgan fingerprint density at radius 2 is 1.96 bits per heavy atom. The van der Waals surface area contributed by atoms with Crippen LogP contribution in [-0.2, 0) is 12.2 Å². The van der Waals surface area contributed by atoms with E-state index < -0.39 is 0 Å². The van der Waals surface area contributed by atoms with E-state index in [4.69, 9.17) is 4.98 Å². The van der Waals surface area contributed by atoms with E-state index in [1.54, 1.807) is 34.4 Å². The van der Waals surface area contributed by atoms with Crippen molar-refractivity contribution in [2.45, 2.75) is 30.4 Å². The topological polar surface area (TPSA) is 50.7 Å². The fraction of sp³-hybridized carbons (Fsp3) is 0.312. The summed E-state index contributed by atoms with van der Waals surface area (Å²) in [6.07, 6.45) is 1.07. The van der Waals surface area contributed by atoms with E-state index in [1.807, 2.05) is 0 Å². The van der Waals surface area contributed by atoms with Crippen LogP contribution in [0.3, 0.4) is 0 Å². The summed E-state index contributed by atoms with van der Waals surface area (Å²) in [7, 11) is 0. The number of anilines is 1. The molecule has 1 aromatic carbocycles. The van der Waals surface area contributed by atoms with Crippen LogP contribution in [0.1, 0.15) is 25.1 Å². The molecule has 1 N–H and O–H groups in total. The quantitative estimate of drug-likeness (QED) is 0.603. The second kappa shape index (κ2) is 7.90. The highest BCUT2D eigenvalue weighted by Crippen LogP contribution is 2.30. The molecule has 0 radical (unpaired) electrons. The maximum absolute atomic E-state index is 4.73. The number of hydrogen-bond donors (Lipinski definition) is 1. The summed E-state index contributed by atoms with van der Waals surface area (Å²) in [6.45, 7) is 5.09.